The number of rotatable bonds is 2. The second-order valence-corrected chi connectivity index (χ2v) is 5.95. The van der Waals surface area contributed by atoms with Crippen LogP contribution in [0.1, 0.15) is 27.2 Å². The summed E-state index contributed by atoms with van der Waals surface area (Å²) in [5, 5.41) is 12.2. The summed E-state index contributed by atoms with van der Waals surface area (Å²) in [6.45, 7) is 7.45. The Kier molecular flexibility index (Phi) is 3.17. The Bertz CT molecular complexity index is 720. The number of hydrogen-bond acceptors (Lipinski definition) is 2. The maximum absolute atomic E-state index is 9.70. The van der Waals surface area contributed by atoms with Crippen molar-refractivity contribution in [1.29, 1.82) is 0 Å². The molecule has 104 valence electrons. The summed E-state index contributed by atoms with van der Waals surface area (Å²) in [6, 6.07) is 6.17. The second-order valence-electron chi connectivity index (χ2n) is 5.95. The summed E-state index contributed by atoms with van der Waals surface area (Å²) >= 11 is 0. The Morgan fingerprint density at radius 1 is 1.35 bits per heavy atom. The number of allylic oxidation sites excluding steroid dienone is 2. The Morgan fingerprint density at radius 3 is 2.90 bits per heavy atom. The molecule has 1 aromatic rings. The van der Waals surface area contributed by atoms with Gasteiger partial charge >= 0.3 is 0 Å². The van der Waals surface area contributed by atoms with Gasteiger partial charge in [-0.1, -0.05) is 17.7 Å². The van der Waals surface area contributed by atoms with Crippen LogP contribution >= 0.6 is 0 Å². The molecular weight excluding hydrogens is 246 g/mol. The van der Waals surface area contributed by atoms with Crippen LogP contribution in [0.2, 0.25) is 0 Å². The molecule has 0 aromatic heterocycles. The maximum atomic E-state index is 9.70. The monoisotopic (exact) mass is 267 g/mol. The SMILES string of the molecule is CC(C)=CCN1C=CC2=c3cc(O)ccc3=C(C)C1C2. The molecule has 0 saturated carbocycles. The van der Waals surface area contributed by atoms with E-state index in [1.807, 2.05) is 12.1 Å². The molecule has 0 fully saturated rings. The Morgan fingerprint density at radius 2 is 2.15 bits per heavy atom. The number of phenols is 1. The third kappa shape index (κ3) is 2.15. The highest BCUT2D eigenvalue weighted by Crippen LogP contribution is 2.27. The summed E-state index contributed by atoms with van der Waals surface area (Å²) in [6.07, 6.45) is 7.70. The molecule has 20 heavy (non-hydrogen) atoms. The molecule has 0 saturated heterocycles. The van der Waals surface area contributed by atoms with E-state index in [9.17, 15) is 5.11 Å². The average molecular weight is 267 g/mol. The van der Waals surface area contributed by atoms with Gasteiger partial charge in [-0.3, -0.25) is 0 Å². The third-order valence-corrected chi connectivity index (χ3v) is 4.26. The predicted molar refractivity (Wildman–Crippen MR) is 83.5 cm³/mol. The molecule has 2 heteroatoms. The van der Waals surface area contributed by atoms with Crippen LogP contribution in [-0.2, 0) is 0 Å². The predicted octanol–water partition coefficient (Wildman–Crippen LogP) is 2.28. The zero-order valence-electron chi connectivity index (χ0n) is 12.4. The standard InChI is InChI=1S/C18H21NO/c1-12(2)6-8-19-9-7-14-10-18(19)13(3)16-5-4-15(20)11-17(14)16/h4-7,9,11,18,20H,8,10H2,1-3H3. The summed E-state index contributed by atoms with van der Waals surface area (Å²) in [4.78, 5) is 2.40. The van der Waals surface area contributed by atoms with Gasteiger partial charge in [0.05, 0.1) is 6.04 Å². The number of aromatic hydroxyl groups is 1. The summed E-state index contributed by atoms with van der Waals surface area (Å²) < 4.78 is 0. The highest BCUT2D eigenvalue weighted by Gasteiger charge is 2.25. The number of hydrogen-bond donors (Lipinski definition) is 1. The van der Waals surface area contributed by atoms with Crippen molar-refractivity contribution in [2.75, 3.05) is 6.54 Å². The van der Waals surface area contributed by atoms with Gasteiger partial charge in [-0.2, -0.15) is 0 Å². The van der Waals surface area contributed by atoms with E-state index in [1.54, 1.807) is 6.07 Å². The van der Waals surface area contributed by atoms with Crippen LogP contribution in [0.4, 0.5) is 0 Å². The Hall–Kier alpha value is -1.96. The molecule has 0 spiro atoms. The molecule has 0 radical (unpaired) electrons. The van der Waals surface area contributed by atoms with E-state index in [2.05, 4.69) is 44.0 Å². The summed E-state index contributed by atoms with van der Waals surface area (Å²) in [5.74, 6) is 0.350. The van der Waals surface area contributed by atoms with Gasteiger partial charge in [-0.15, -0.1) is 0 Å². The van der Waals surface area contributed by atoms with Crippen molar-refractivity contribution in [2.45, 2.75) is 33.2 Å². The van der Waals surface area contributed by atoms with E-state index in [4.69, 9.17) is 0 Å². The minimum atomic E-state index is 0.350. The fourth-order valence-electron chi connectivity index (χ4n) is 3.08. The van der Waals surface area contributed by atoms with E-state index >= 15 is 0 Å². The van der Waals surface area contributed by atoms with Crippen LogP contribution in [-0.4, -0.2) is 22.6 Å². The molecular formula is C18H21NO. The first-order valence-electron chi connectivity index (χ1n) is 7.16. The number of nitrogens with zero attached hydrogens (tertiary/aromatic N) is 1. The number of fused-ring (bicyclic) bond motifs is 3. The lowest BCUT2D eigenvalue weighted by Gasteiger charge is -2.36. The maximum Gasteiger partial charge on any atom is 0.116 e. The van der Waals surface area contributed by atoms with E-state index < -0.39 is 0 Å². The van der Waals surface area contributed by atoms with Gasteiger partial charge in [0.1, 0.15) is 5.75 Å². The molecule has 1 aliphatic carbocycles. The molecule has 3 rings (SSSR count). The molecule has 0 amide bonds. The average Bonchev–Trinajstić information content (AvgIpc) is 2.43. The first-order valence-corrected chi connectivity index (χ1v) is 7.16. The zero-order valence-corrected chi connectivity index (χ0v) is 12.4. The van der Waals surface area contributed by atoms with Gasteiger partial charge in [-0.05, 0) is 67.0 Å². The fraction of sp³-hybridized carbons (Fsp3) is 0.333. The van der Waals surface area contributed by atoms with Crippen LogP contribution in [0.5, 0.6) is 5.75 Å². The lowest BCUT2D eigenvalue weighted by atomic mass is 9.87. The van der Waals surface area contributed by atoms with Gasteiger partial charge in [0.25, 0.3) is 0 Å². The second kappa shape index (κ2) is 4.86. The van der Waals surface area contributed by atoms with Crippen molar-refractivity contribution in [2.24, 2.45) is 0 Å². The van der Waals surface area contributed by atoms with Crippen LogP contribution in [0.3, 0.4) is 0 Å². The Labute approximate surface area is 120 Å². The normalized spacial score (nSPS) is 19.9. The van der Waals surface area contributed by atoms with Gasteiger partial charge in [0.2, 0.25) is 0 Å². The van der Waals surface area contributed by atoms with Gasteiger partial charge in [-0.25, -0.2) is 0 Å². The van der Waals surface area contributed by atoms with E-state index in [0.29, 0.717) is 11.8 Å². The van der Waals surface area contributed by atoms with Gasteiger partial charge in [0, 0.05) is 12.7 Å². The van der Waals surface area contributed by atoms with Gasteiger partial charge < -0.3 is 10.0 Å². The molecule has 2 bridgehead atoms. The Balaban J connectivity index is 2.11. The topological polar surface area (TPSA) is 23.5 Å². The highest BCUT2D eigenvalue weighted by molar-refractivity contribution is 5.69. The van der Waals surface area contributed by atoms with Crippen LogP contribution in [0.15, 0.2) is 42.1 Å². The van der Waals surface area contributed by atoms with E-state index in [-0.39, 0.29) is 0 Å². The largest absolute Gasteiger partial charge is 0.508 e. The van der Waals surface area contributed by atoms with Crippen molar-refractivity contribution in [3.8, 4) is 5.75 Å². The molecule has 2 aliphatic rings. The summed E-state index contributed by atoms with van der Waals surface area (Å²) in [7, 11) is 0. The van der Waals surface area contributed by atoms with Crippen LogP contribution in [0.25, 0.3) is 11.1 Å². The van der Waals surface area contributed by atoms with Crippen molar-refractivity contribution in [1.82, 2.24) is 4.90 Å². The van der Waals surface area contributed by atoms with Crippen molar-refractivity contribution in [3.05, 3.63) is 52.6 Å². The summed E-state index contributed by atoms with van der Waals surface area (Å²) in [5.41, 5.74) is 4.09. The van der Waals surface area contributed by atoms with Crippen molar-refractivity contribution in [3.63, 3.8) is 0 Å². The highest BCUT2D eigenvalue weighted by atomic mass is 16.3. The molecule has 1 aliphatic heterocycles. The lowest BCUT2D eigenvalue weighted by Crippen LogP contribution is -2.44. The van der Waals surface area contributed by atoms with Crippen LogP contribution in [0, 0.1) is 0 Å². The zero-order chi connectivity index (χ0) is 14.3. The molecule has 2 nitrogen and oxygen atoms in total. The van der Waals surface area contributed by atoms with Crippen LogP contribution < -0.4 is 10.4 Å². The van der Waals surface area contributed by atoms with Gasteiger partial charge in [0.15, 0.2) is 0 Å². The quantitative estimate of drug-likeness (QED) is 0.831. The lowest BCUT2D eigenvalue weighted by molar-refractivity contribution is 0.351. The molecule has 1 heterocycles. The third-order valence-electron chi connectivity index (χ3n) is 4.26. The number of benzene rings is 1. The molecule has 1 unspecified atom stereocenters. The van der Waals surface area contributed by atoms with E-state index in [0.717, 1.165) is 13.0 Å². The number of phenolic OH excluding ortho intramolecular Hbond substituents is 1. The minimum Gasteiger partial charge on any atom is -0.508 e. The molecule has 1 N–H and O–H groups in total. The smallest absolute Gasteiger partial charge is 0.116 e. The fourth-order valence-corrected chi connectivity index (χ4v) is 3.08. The van der Waals surface area contributed by atoms with E-state index in [1.165, 1.54) is 27.2 Å². The first kappa shape index (κ1) is 13.0. The first-order chi connectivity index (χ1) is 9.56. The minimum absolute atomic E-state index is 0.350. The molecule has 1 aromatic carbocycles. The molecule has 1 atom stereocenters. The van der Waals surface area contributed by atoms with Crippen molar-refractivity contribution >= 4 is 11.1 Å². The van der Waals surface area contributed by atoms with Crippen molar-refractivity contribution < 1.29 is 5.11 Å².